The van der Waals surface area contributed by atoms with Crippen LogP contribution in [-0.4, -0.2) is 125 Å². The number of esters is 3. The van der Waals surface area contributed by atoms with E-state index < -0.39 is 88.8 Å². The molecule has 21 heteroatoms. The van der Waals surface area contributed by atoms with Gasteiger partial charge in [0.15, 0.2) is 5.92 Å². The molecule has 6 aromatic rings. The van der Waals surface area contributed by atoms with E-state index in [1.807, 2.05) is 70.5 Å². The minimum atomic E-state index is -2.26. The van der Waals surface area contributed by atoms with E-state index in [0.29, 0.717) is 28.2 Å². The number of anilines is 2. The molecule has 4 aliphatic rings. The molecule has 1 N–H and O–H groups in total. The number of aliphatic hydroxyl groups excluding tert-OH is 1. The molecule has 0 saturated carbocycles. The largest absolute Gasteiger partial charge is 0.491 e. The number of nitro benzene ring substituents is 1. The van der Waals surface area contributed by atoms with Crippen LogP contribution in [0.5, 0.6) is 5.75 Å². The lowest BCUT2D eigenvalue weighted by Crippen LogP contribution is -2.59. The maximum absolute atomic E-state index is 16.9. The zero-order valence-corrected chi connectivity index (χ0v) is 43.4. The van der Waals surface area contributed by atoms with Crippen molar-refractivity contribution in [3.63, 3.8) is 0 Å². The first kappa shape index (κ1) is 53.9. The number of nitrogens with zero attached hydrogens (tertiary/aromatic N) is 7. The van der Waals surface area contributed by atoms with Crippen LogP contribution in [0.4, 0.5) is 22.1 Å². The van der Waals surface area contributed by atoms with Crippen molar-refractivity contribution < 1.29 is 62.5 Å². The Hall–Kier alpha value is -9.52. The molecule has 1 aromatic heterocycles. The monoisotopic (exact) mass is 1080 g/mol. The summed E-state index contributed by atoms with van der Waals surface area (Å²) in [6, 6.07) is 32.9. The van der Waals surface area contributed by atoms with Crippen LogP contribution in [0.25, 0.3) is 0 Å². The summed E-state index contributed by atoms with van der Waals surface area (Å²) in [5, 5.41) is 21.4. The van der Waals surface area contributed by atoms with E-state index in [9.17, 15) is 24.8 Å². The Balaban J connectivity index is 1.22. The molecule has 10 rings (SSSR count). The number of hydrogen-bond donors (Lipinski definition) is 1. The third kappa shape index (κ3) is 10.0. The Morgan fingerprint density at radius 2 is 1.46 bits per heavy atom. The average molecular weight is 1080 g/mol. The van der Waals surface area contributed by atoms with Crippen LogP contribution >= 0.6 is 0 Å². The van der Waals surface area contributed by atoms with E-state index in [4.69, 9.17) is 23.7 Å². The molecule has 0 unspecified atom stereocenters. The highest BCUT2D eigenvalue weighted by Crippen LogP contribution is 2.66. The second-order valence-corrected chi connectivity index (χ2v) is 19.2. The highest BCUT2D eigenvalue weighted by atomic mass is 16.6. The van der Waals surface area contributed by atoms with Crippen LogP contribution in [0.2, 0.25) is 0 Å². The number of hydrogen-bond acceptors (Lipinski definition) is 18. The van der Waals surface area contributed by atoms with E-state index in [0.717, 1.165) is 19.1 Å². The fourth-order valence-electron chi connectivity index (χ4n) is 11.4. The normalized spacial score (nSPS) is 21.2. The van der Waals surface area contributed by atoms with Crippen LogP contribution in [0.15, 0.2) is 146 Å². The van der Waals surface area contributed by atoms with Gasteiger partial charge >= 0.3 is 24.0 Å². The smallest absolute Gasteiger partial charge is 0.421 e. The first-order valence-corrected chi connectivity index (χ1v) is 25.6. The summed E-state index contributed by atoms with van der Waals surface area (Å²) in [7, 11) is 2.25. The second-order valence-electron chi connectivity index (χ2n) is 19.2. The summed E-state index contributed by atoms with van der Waals surface area (Å²) in [6.07, 6.45) is 0.685. The number of amides is 3. The van der Waals surface area contributed by atoms with Gasteiger partial charge in [-0.25, -0.2) is 19.7 Å². The molecule has 4 aliphatic heterocycles. The number of piperazine rings is 1. The van der Waals surface area contributed by atoms with Gasteiger partial charge in [-0.1, -0.05) is 84.6 Å². The molecule has 21 nitrogen and oxygen atoms in total. The fraction of sp³-hybridized carbons (Fsp3) is 0.288. The predicted octanol–water partition coefficient (Wildman–Crippen LogP) is 5.81. The van der Waals surface area contributed by atoms with Crippen molar-refractivity contribution in [2.24, 2.45) is 11.8 Å². The number of fused-ring (bicyclic) bond motifs is 3. The van der Waals surface area contributed by atoms with Crippen LogP contribution in [0, 0.1) is 33.8 Å². The van der Waals surface area contributed by atoms with Gasteiger partial charge in [-0.2, -0.15) is 0 Å². The fourth-order valence-corrected chi connectivity index (χ4v) is 11.4. The summed E-state index contributed by atoms with van der Waals surface area (Å²) in [5.41, 5.74) is -0.130. The molecule has 5 aromatic carbocycles. The Morgan fingerprint density at radius 3 is 2.11 bits per heavy atom. The van der Waals surface area contributed by atoms with Gasteiger partial charge in [0.2, 0.25) is 17.8 Å². The van der Waals surface area contributed by atoms with Crippen molar-refractivity contribution >= 4 is 53.1 Å². The Kier molecular flexibility index (Phi) is 15.6. The average Bonchev–Trinajstić information content (AvgIpc) is 4.12. The van der Waals surface area contributed by atoms with Gasteiger partial charge < -0.3 is 38.6 Å². The molecule has 3 fully saturated rings. The molecule has 6 atom stereocenters. The van der Waals surface area contributed by atoms with Gasteiger partial charge in [0.25, 0.3) is 5.69 Å². The topological polar surface area (TPSA) is 251 Å². The molecule has 1 spiro atoms. The molecule has 0 radical (unpaired) electrons. The Bertz CT molecular complexity index is 3370. The van der Waals surface area contributed by atoms with E-state index in [2.05, 4.69) is 21.8 Å². The number of ether oxygens (including phenoxy) is 5. The Labute approximate surface area is 458 Å². The zero-order chi connectivity index (χ0) is 56.1. The zero-order valence-electron chi connectivity index (χ0n) is 43.4. The number of aliphatic hydroxyl groups is 1. The third-order valence-corrected chi connectivity index (χ3v) is 14.9. The first-order valence-electron chi connectivity index (χ1n) is 25.6. The van der Waals surface area contributed by atoms with E-state index in [1.165, 1.54) is 36.4 Å². The summed E-state index contributed by atoms with van der Waals surface area (Å²) >= 11 is 0. The van der Waals surface area contributed by atoms with Crippen LogP contribution in [-0.2, 0) is 54.9 Å². The van der Waals surface area contributed by atoms with Gasteiger partial charge in [0.05, 0.1) is 49.4 Å². The maximum Gasteiger partial charge on any atom is 0.421 e. The number of aromatic nitrogens is 2. The van der Waals surface area contributed by atoms with Gasteiger partial charge in [0.1, 0.15) is 36.5 Å². The van der Waals surface area contributed by atoms with Crippen molar-refractivity contribution in [1.29, 1.82) is 0 Å². The summed E-state index contributed by atoms with van der Waals surface area (Å²) < 4.78 is 28.3. The van der Waals surface area contributed by atoms with Gasteiger partial charge in [0, 0.05) is 62.7 Å². The minimum absolute atomic E-state index is 0.0122. The minimum Gasteiger partial charge on any atom is -0.491 e. The molecule has 0 aliphatic carbocycles. The number of non-ortho nitro benzene ring substituents is 1. The number of imide groups is 1. The van der Waals surface area contributed by atoms with Crippen molar-refractivity contribution in [1.82, 2.24) is 19.8 Å². The first-order chi connectivity index (χ1) is 38.9. The number of methoxy groups -OCH3 is 2. The van der Waals surface area contributed by atoms with Gasteiger partial charge in [-0.05, 0) is 76.3 Å². The lowest BCUT2D eigenvalue weighted by Gasteiger charge is -2.46. The predicted molar refractivity (Wildman–Crippen MR) is 284 cm³/mol. The molecule has 408 valence electrons. The summed E-state index contributed by atoms with van der Waals surface area (Å²) in [4.78, 5) is 116. The van der Waals surface area contributed by atoms with Crippen molar-refractivity contribution in [2.45, 2.75) is 42.7 Å². The number of carbonyl (C=O) groups excluding carboxylic acids is 6. The SMILES string of the molecule is COC(=O)C(CC#Cc1ccc2c(c1)[C@]1(C(=O)N2C(=O)OCc2ccc([N+](=O)[O-])cc2)[C@H](c2cccc(OCCO)c2)N2[C@H](c3ccccc3)[C@H](c3ccccc3)OC(=O)[C@H]2[C@@H]1C(=O)N1CCN(c2ncccn2)CC1)C(=O)OC. The standard InChI is InChI=1S/C59H53N7O14/c1-76-53(69)44(54(70)77-2)19-9-12-37-22-25-46-45(34-37)59(56(72)64(46)58(73)79-36-38-20-23-42(24-21-38)66(74)75)47(52(68)62-28-30-63(31-29-62)57-60-26-11-27-61-57)49-55(71)80-50(40-15-7-4-8-16-40)48(39-13-5-3-6-14-39)65(49)51(59)41-17-10-18-43(35-41)78-33-32-67/h3-8,10-11,13-18,20-27,34-35,44,47-51,67H,19,28-33,36H2,1-2H3/t47-,48-,49-,50+,51+,59-/m1/s1. The lowest BCUT2D eigenvalue weighted by atomic mass is 9.64. The number of benzene rings is 5. The highest BCUT2D eigenvalue weighted by molar-refractivity contribution is 6.23. The number of cyclic esters (lactones) is 1. The van der Waals surface area contributed by atoms with Crippen molar-refractivity contribution in [2.75, 3.05) is 63.4 Å². The van der Waals surface area contributed by atoms with Crippen molar-refractivity contribution in [3.8, 4) is 17.6 Å². The third-order valence-electron chi connectivity index (χ3n) is 14.9. The number of carbonyl (C=O) groups is 6. The number of morpholine rings is 1. The van der Waals surface area contributed by atoms with Crippen LogP contribution in [0.3, 0.4) is 0 Å². The lowest BCUT2D eigenvalue weighted by molar-refractivity contribution is -0.384. The molecule has 5 heterocycles. The molecular formula is C59H53N7O14. The molecule has 3 amide bonds. The maximum atomic E-state index is 16.9. The summed E-state index contributed by atoms with van der Waals surface area (Å²) in [6.45, 7) is -0.126. The number of nitro groups is 1. The van der Waals surface area contributed by atoms with Crippen LogP contribution < -0.4 is 14.5 Å². The quantitative estimate of drug-likeness (QED) is 0.0337. The Morgan fingerprint density at radius 1 is 0.800 bits per heavy atom. The van der Waals surface area contributed by atoms with Gasteiger partial charge in [-0.3, -0.25) is 39.0 Å². The summed E-state index contributed by atoms with van der Waals surface area (Å²) in [5.74, 6) is -0.584. The highest BCUT2D eigenvalue weighted by Gasteiger charge is 2.76. The van der Waals surface area contributed by atoms with Crippen LogP contribution in [0.1, 0.15) is 58.0 Å². The second kappa shape index (κ2) is 23.2. The van der Waals surface area contributed by atoms with Crippen molar-refractivity contribution in [3.05, 3.63) is 189 Å². The number of rotatable bonds is 14. The molecule has 3 saturated heterocycles. The van der Waals surface area contributed by atoms with E-state index in [-0.39, 0.29) is 74.1 Å². The van der Waals surface area contributed by atoms with Gasteiger partial charge in [-0.15, -0.1) is 0 Å². The van der Waals surface area contributed by atoms with E-state index in [1.54, 1.807) is 53.7 Å². The molecule has 0 bridgehead atoms. The molecular weight excluding hydrogens is 1030 g/mol. The molecule has 80 heavy (non-hydrogen) atoms. The van der Waals surface area contributed by atoms with E-state index >= 15 is 19.2 Å².